The zero-order valence-electron chi connectivity index (χ0n) is 13.4. The molecule has 0 saturated heterocycles. The molecule has 0 saturated carbocycles. The number of ether oxygens (including phenoxy) is 1. The summed E-state index contributed by atoms with van der Waals surface area (Å²) in [7, 11) is 0. The molecular weight excluding hydrogens is 331 g/mol. The van der Waals surface area contributed by atoms with Crippen molar-refractivity contribution in [2.45, 2.75) is 19.2 Å². The lowest BCUT2D eigenvalue weighted by Crippen LogP contribution is -2.24. The summed E-state index contributed by atoms with van der Waals surface area (Å²) in [6.45, 7) is 0.582. The fourth-order valence-electron chi connectivity index (χ4n) is 2.03. The minimum atomic E-state index is -4.33. The summed E-state index contributed by atoms with van der Waals surface area (Å²) in [6, 6.07) is 14.2. The van der Waals surface area contributed by atoms with E-state index in [2.05, 4.69) is 5.32 Å². The van der Waals surface area contributed by atoms with Gasteiger partial charge in [0, 0.05) is 6.54 Å². The molecule has 3 nitrogen and oxygen atoms in total. The molecular formula is C19H18F3NO2. The maximum absolute atomic E-state index is 12.4. The predicted octanol–water partition coefficient (Wildman–Crippen LogP) is 5.04. The van der Waals surface area contributed by atoms with Gasteiger partial charge in [0.25, 0.3) is 0 Å². The molecule has 25 heavy (non-hydrogen) atoms. The standard InChI is InChI=1S/C19H18F3NO2/c20-19(21,22)17-11-9-15(10-12-17)6-4-5-13-23-18(24)25-14-16-7-2-1-3-8-16/h1-4,6-12H,5,13-14H2,(H,23,24). The van der Waals surface area contributed by atoms with Crippen molar-refractivity contribution in [3.8, 4) is 0 Å². The van der Waals surface area contributed by atoms with Gasteiger partial charge in [-0.2, -0.15) is 13.2 Å². The molecule has 0 spiro atoms. The van der Waals surface area contributed by atoms with Crippen LogP contribution in [0.4, 0.5) is 18.0 Å². The van der Waals surface area contributed by atoms with E-state index in [0.717, 1.165) is 17.7 Å². The van der Waals surface area contributed by atoms with Crippen molar-refractivity contribution in [1.82, 2.24) is 5.32 Å². The molecule has 0 atom stereocenters. The molecule has 0 fully saturated rings. The van der Waals surface area contributed by atoms with E-state index >= 15 is 0 Å². The largest absolute Gasteiger partial charge is 0.445 e. The number of nitrogens with one attached hydrogen (secondary N) is 1. The van der Waals surface area contributed by atoms with E-state index in [1.165, 1.54) is 12.1 Å². The van der Waals surface area contributed by atoms with Gasteiger partial charge in [0.2, 0.25) is 0 Å². The number of amides is 1. The van der Waals surface area contributed by atoms with Crippen LogP contribution in [0.2, 0.25) is 0 Å². The Morgan fingerprint density at radius 1 is 1.04 bits per heavy atom. The molecule has 0 unspecified atom stereocenters. The summed E-state index contributed by atoms with van der Waals surface area (Å²) in [4.78, 5) is 11.5. The smallest absolute Gasteiger partial charge is 0.416 e. The molecule has 0 aliphatic rings. The van der Waals surface area contributed by atoms with Crippen LogP contribution in [0, 0.1) is 0 Å². The monoisotopic (exact) mass is 349 g/mol. The molecule has 0 aromatic heterocycles. The topological polar surface area (TPSA) is 38.3 Å². The maximum atomic E-state index is 12.4. The first kappa shape index (κ1) is 18.6. The van der Waals surface area contributed by atoms with Crippen LogP contribution in [0.3, 0.4) is 0 Å². The summed E-state index contributed by atoms with van der Waals surface area (Å²) in [5, 5.41) is 2.61. The van der Waals surface area contributed by atoms with Crippen LogP contribution in [-0.2, 0) is 17.5 Å². The highest BCUT2D eigenvalue weighted by atomic mass is 19.4. The lowest BCUT2D eigenvalue weighted by Gasteiger charge is -2.06. The van der Waals surface area contributed by atoms with Crippen molar-refractivity contribution < 1.29 is 22.7 Å². The third-order valence-corrected chi connectivity index (χ3v) is 3.34. The molecule has 0 radical (unpaired) electrons. The molecule has 1 N–H and O–H groups in total. The second-order valence-corrected chi connectivity index (χ2v) is 5.30. The van der Waals surface area contributed by atoms with Crippen molar-refractivity contribution in [1.29, 1.82) is 0 Å². The number of hydrogen-bond donors (Lipinski definition) is 1. The normalized spacial score (nSPS) is 11.5. The quantitative estimate of drug-likeness (QED) is 0.743. The fraction of sp³-hybridized carbons (Fsp3) is 0.211. The van der Waals surface area contributed by atoms with Gasteiger partial charge in [-0.3, -0.25) is 0 Å². The molecule has 2 aromatic rings. The van der Waals surface area contributed by atoms with Gasteiger partial charge in [0.1, 0.15) is 6.61 Å². The highest BCUT2D eigenvalue weighted by molar-refractivity contribution is 5.67. The number of carbonyl (C=O) groups is 1. The Morgan fingerprint density at radius 3 is 2.36 bits per heavy atom. The molecule has 1 amide bonds. The van der Waals surface area contributed by atoms with Crippen molar-refractivity contribution in [3.63, 3.8) is 0 Å². The average molecular weight is 349 g/mol. The number of hydrogen-bond acceptors (Lipinski definition) is 2. The first-order valence-electron chi connectivity index (χ1n) is 7.73. The summed E-state index contributed by atoms with van der Waals surface area (Å²) in [5.41, 5.74) is 0.895. The number of alkyl carbamates (subject to hydrolysis) is 1. The van der Waals surface area contributed by atoms with E-state index in [-0.39, 0.29) is 6.61 Å². The summed E-state index contributed by atoms with van der Waals surface area (Å²) >= 11 is 0. The van der Waals surface area contributed by atoms with Crippen LogP contribution in [0.5, 0.6) is 0 Å². The van der Waals surface area contributed by atoms with Gasteiger partial charge in [-0.15, -0.1) is 0 Å². The minimum Gasteiger partial charge on any atom is -0.445 e. The van der Waals surface area contributed by atoms with Gasteiger partial charge >= 0.3 is 12.3 Å². The first-order valence-corrected chi connectivity index (χ1v) is 7.73. The van der Waals surface area contributed by atoms with E-state index in [0.29, 0.717) is 18.5 Å². The van der Waals surface area contributed by atoms with E-state index < -0.39 is 17.8 Å². The molecule has 0 aliphatic heterocycles. The lowest BCUT2D eigenvalue weighted by molar-refractivity contribution is -0.137. The zero-order chi connectivity index (χ0) is 18.1. The SMILES string of the molecule is O=C(NCCC=Cc1ccc(C(F)(F)F)cc1)OCc1ccccc1. The highest BCUT2D eigenvalue weighted by Crippen LogP contribution is 2.29. The van der Waals surface area contributed by atoms with Crippen LogP contribution in [0.15, 0.2) is 60.7 Å². The van der Waals surface area contributed by atoms with Crippen LogP contribution in [-0.4, -0.2) is 12.6 Å². The van der Waals surface area contributed by atoms with Crippen molar-refractivity contribution in [2.24, 2.45) is 0 Å². The molecule has 6 heteroatoms. The van der Waals surface area contributed by atoms with Gasteiger partial charge in [0.05, 0.1) is 5.56 Å². The molecule has 2 aromatic carbocycles. The lowest BCUT2D eigenvalue weighted by atomic mass is 10.1. The van der Waals surface area contributed by atoms with Gasteiger partial charge in [-0.25, -0.2) is 4.79 Å². The van der Waals surface area contributed by atoms with E-state index in [1.54, 1.807) is 12.2 Å². The number of carbonyl (C=O) groups excluding carboxylic acids is 1. The molecule has 2 rings (SSSR count). The minimum absolute atomic E-state index is 0.202. The Balaban J connectivity index is 1.66. The third-order valence-electron chi connectivity index (χ3n) is 3.34. The molecule has 0 aliphatic carbocycles. The van der Waals surface area contributed by atoms with Crippen molar-refractivity contribution >= 4 is 12.2 Å². The highest BCUT2D eigenvalue weighted by Gasteiger charge is 2.29. The van der Waals surface area contributed by atoms with Gasteiger partial charge < -0.3 is 10.1 Å². The van der Waals surface area contributed by atoms with E-state index in [9.17, 15) is 18.0 Å². The second kappa shape index (κ2) is 8.92. The Labute approximate surface area is 144 Å². The van der Waals surface area contributed by atoms with Crippen LogP contribution in [0.25, 0.3) is 6.08 Å². The second-order valence-electron chi connectivity index (χ2n) is 5.30. The third kappa shape index (κ3) is 6.71. The molecule has 132 valence electrons. The van der Waals surface area contributed by atoms with Gasteiger partial charge in [-0.05, 0) is 29.7 Å². The van der Waals surface area contributed by atoms with E-state index in [1.807, 2.05) is 30.3 Å². The van der Waals surface area contributed by atoms with Crippen molar-refractivity contribution in [3.05, 3.63) is 77.4 Å². The summed E-state index contributed by atoms with van der Waals surface area (Å²) in [6.07, 6.45) is -0.808. The van der Waals surface area contributed by atoms with Crippen molar-refractivity contribution in [2.75, 3.05) is 6.54 Å². The number of alkyl halides is 3. The predicted molar refractivity (Wildman–Crippen MR) is 89.7 cm³/mol. The number of halogens is 3. The average Bonchev–Trinajstić information content (AvgIpc) is 2.60. The Bertz CT molecular complexity index is 695. The number of benzene rings is 2. The Morgan fingerprint density at radius 2 is 1.72 bits per heavy atom. The van der Waals surface area contributed by atoms with Gasteiger partial charge in [0.15, 0.2) is 0 Å². The number of rotatable bonds is 6. The van der Waals surface area contributed by atoms with Gasteiger partial charge in [-0.1, -0.05) is 54.6 Å². The maximum Gasteiger partial charge on any atom is 0.416 e. The Hall–Kier alpha value is -2.76. The molecule has 0 bridgehead atoms. The fourth-order valence-corrected chi connectivity index (χ4v) is 2.03. The summed E-state index contributed by atoms with van der Waals surface area (Å²) in [5.74, 6) is 0. The summed E-state index contributed by atoms with van der Waals surface area (Å²) < 4.78 is 42.4. The Kier molecular flexibility index (Phi) is 6.62. The van der Waals surface area contributed by atoms with Crippen LogP contribution < -0.4 is 5.32 Å². The van der Waals surface area contributed by atoms with Crippen LogP contribution in [0.1, 0.15) is 23.1 Å². The molecule has 0 heterocycles. The first-order chi connectivity index (χ1) is 11.9. The van der Waals surface area contributed by atoms with E-state index in [4.69, 9.17) is 4.74 Å². The van der Waals surface area contributed by atoms with Crippen LogP contribution >= 0.6 is 0 Å². The zero-order valence-corrected chi connectivity index (χ0v) is 13.4.